The summed E-state index contributed by atoms with van der Waals surface area (Å²) in [7, 11) is -2.69. The maximum atomic E-state index is 15.1. The predicted octanol–water partition coefficient (Wildman–Crippen LogP) is 5.03. The largest absolute Gasteiger partial charge is 0.452 e. The van der Waals surface area contributed by atoms with Crippen LogP contribution in [-0.4, -0.2) is 125 Å². The van der Waals surface area contributed by atoms with Gasteiger partial charge in [-0.2, -0.15) is 4.39 Å². The molecule has 0 radical (unpaired) electrons. The van der Waals surface area contributed by atoms with Crippen molar-refractivity contribution < 1.29 is 71.6 Å². The first kappa shape index (κ1) is 53.2. The average molecular weight is 1010 g/mol. The number of aromatic nitrogens is 2. The predicted molar refractivity (Wildman–Crippen MR) is 235 cm³/mol. The Labute approximate surface area is 389 Å². The minimum atomic E-state index is -4.06. The molecule has 2 saturated heterocycles. The second-order valence-corrected chi connectivity index (χ2v) is 19.7. The van der Waals surface area contributed by atoms with E-state index < -0.39 is 100 Å². The molecule has 4 N–H and O–H groups in total. The van der Waals surface area contributed by atoms with Gasteiger partial charge in [0, 0.05) is 51.6 Å². The smallest absolute Gasteiger partial charge is 0.256 e. The van der Waals surface area contributed by atoms with Gasteiger partial charge in [0.25, 0.3) is 11.8 Å². The van der Waals surface area contributed by atoms with Gasteiger partial charge in [0.1, 0.15) is 56.3 Å². The molecule has 0 saturated carbocycles. The summed E-state index contributed by atoms with van der Waals surface area (Å²) >= 11 is 0. The van der Waals surface area contributed by atoms with Gasteiger partial charge in [0.05, 0.1) is 51.0 Å². The maximum absolute atomic E-state index is 15.1. The number of nitrogens with zero attached hydrogens (tertiary/aromatic N) is 6. The van der Waals surface area contributed by atoms with Crippen LogP contribution in [0, 0.1) is 35.0 Å². The molecule has 6 atom stereocenters. The van der Waals surface area contributed by atoms with E-state index in [0.29, 0.717) is 12.3 Å². The minimum Gasteiger partial charge on any atom is -0.452 e. The van der Waals surface area contributed by atoms with Crippen LogP contribution in [0.15, 0.2) is 70.9 Å². The van der Waals surface area contributed by atoms with Gasteiger partial charge in [-0.05, 0) is 49.2 Å². The number of aliphatic imine (C=N–C) groups is 2. The number of fused-ring (bicyclic) bond motifs is 2. The highest BCUT2D eigenvalue weighted by atomic mass is 32.2. The molecule has 4 aliphatic heterocycles. The van der Waals surface area contributed by atoms with E-state index in [-0.39, 0.29) is 88.7 Å². The first-order chi connectivity index (χ1) is 31.2. The topological polar surface area (TPSA) is 233 Å². The van der Waals surface area contributed by atoms with Crippen molar-refractivity contribution in [1.29, 1.82) is 0 Å². The highest BCUT2D eigenvalue weighted by molar-refractivity contribution is 7.90. The van der Waals surface area contributed by atoms with Crippen molar-refractivity contribution in [3.63, 3.8) is 0 Å². The molecule has 68 heavy (non-hydrogen) atoms. The van der Waals surface area contributed by atoms with E-state index in [0.717, 1.165) is 33.0 Å². The zero-order chi connectivity index (χ0) is 47.9. The summed E-state index contributed by atoms with van der Waals surface area (Å²) in [4.78, 5) is 15.5. The molecule has 6 heterocycles. The fourth-order valence-corrected chi connectivity index (χ4v) is 11.8. The van der Waals surface area contributed by atoms with Crippen LogP contribution in [-0.2, 0) is 50.1 Å². The van der Waals surface area contributed by atoms with Gasteiger partial charge in [0.2, 0.25) is 32.0 Å². The van der Waals surface area contributed by atoms with Gasteiger partial charge < -0.3 is 39.9 Å². The van der Waals surface area contributed by atoms with Crippen molar-refractivity contribution in [2.24, 2.45) is 21.5 Å². The molecule has 8 rings (SSSR count). The standard InChI is InChI=1S/2C20H21F3N4O5S.2CH4/c1-27-19(24)26-20(10-31-13(9-30-2)7-17(20)33(27,28)29)14-6-12(3-4-15(14)22)32-16-5-11(21)8-25-18(16)23;1-27-19(24)26-20(10-31-13(9-30-2)7-17(20)33(27,28)29)14-6-12(3-4-15(14)22)32-18-16(23)5-11(21)8-25-18;;/h2*3-6,8,13,17H,7,9-10H2,1-2H3,(H2,24,26);2*1H4/t2*13-,17-,20-;;/m11../s1. The van der Waals surface area contributed by atoms with Crippen LogP contribution in [0.5, 0.6) is 23.1 Å². The molecule has 0 unspecified atom stereocenters. The van der Waals surface area contributed by atoms with Gasteiger partial charge in [-0.15, -0.1) is 0 Å². The van der Waals surface area contributed by atoms with Crippen LogP contribution in [0.3, 0.4) is 0 Å². The molecular formula is C42H50F6N8O10S2. The summed E-state index contributed by atoms with van der Waals surface area (Å²) in [6.45, 7) is -0.354. The molecule has 0 amide bonds. The first-order valence-corrected chi connectivity index (χ1v) is 22.6. The maximum Gasteiger partial charge on any atom is 0.256 e. The van der Waals surface area contributed by atoms with E-state index in [4.69, 9.17) is 39.9 Å². The van der Waals surface area contributed by atoms with E-state index in [1.165, 1.54) is 52.6 Å². The van der Waals surface area contributed by atoms with Crippen LogP contribution in [0.25, 0.3) is 0 Å². The second-order valence-electron chi connectivity index (χ2n) is 15.4. The average Bonchev–Trinajstić information content (AvgIpc) is 3.27. The number of guanidine groups is 2. The molecule has 0 aliphatic carbocycles. The van der Waals surface area contributed by atoms with E-state index >= 15 is 8.78 Å². The molecule has 2 aromatic carbocycles. The SMILES string of the molecule is C.C.COC[C@H]1C[C@@H]2[C@](c3cc(Oc4cc(F)cnc4F)ccc3F)(CO1)N=C(N)N(C)S2(=O)=O.COC[C@H]1C[C@@H]2[C@](c3cc(Oc4ncc(F)cc4F)ccc3F)(CO1)N=C(N)N(C)S2(=O)=O. The number of pyridine rings is 2. The van der Waals surface area contributed by atoms with Gasteiger partial charge in [0.15, 0.2) is 11.6 Å². The Morgan fingerprint density at radius 2 is 1.10 bits per heavy atom. The van der Waals surface area contributed by atoms with E-state index in [1.807, 2.05) is 0 Å². The number of hydrogen-bond acceptors (Lipinski definition) is 16. The number of ether oxygens (including phenoxy) is 6. The number of sulfonamides is 2. The fraction of sp³-hybridized carbons (Fsp3) is 0.429. The molecule has 0 spiro atoms. The van der Waals surface area contributed by atoms with Gasteiger partial charge >= 0.3 is 0 Å². The number of rotatable bonds is 10. The Hall–Kier alpha value is -5.80. The molecule has 2 aromatic heterocycles. The van der Waals surface area contributed by atoms with E-state index in [9.17, 15) is 34.4 Å². The summed E-state index contributed by atoms with van der Waals surface area (Å²) in [6.07, 6.45) is 0.238. The molecule has 2 fully saturated rings. The summed E-state index contributed by atoms with van der Waals surface area (Å²) in [6, 6.07) is 8.14. The second kappa shape index (κ2) is 20.4. The number of halogens is 6. The van der Waals surface area contributed by atoms with E-state index in [1.54, 1.807) is 0 Å². The number of nitrogens with two attached hydrogens (primary N) is 2. The normalized spacial score (nSPS) is 25.7. The quantitative estimate of drug-likeness (QED) is 0.157. The number of hydrogen-bond donors (Lipinski definition) is 2. The van der Waals surface area contributed by atoms with Gasteiger partial charge in [-0.25, -0.2) is 67.4 Å². The van der Waals surface area contributed by atoms with Gasteiger partial charge in [-0.1, -0.05) is 14.9 Å². The van der Waals surface area contributed by atoms with E-state index in [2.05, 4.69) is 20.0 Å². The van der Waals surface area contributed by atoms with Crippen molar-refractivity contribution in [3.05, 3.63) is 107 Å². The van der Waals surface area contributed by atoms with Crippen LogP contribution in [0.2, 0.25) is 0 Å². The highest BCUT2D eigenvalue weighted by Crippen LogP contribution is 2.47. The lowest BCUT2D eigenvalue weighted by Crippen LogP contribution is -2.62. The van der Waals surface area contributed by atoms with Crippen LogP contribution < -0.4 is 20.9 Å². The summed E-state index contributed by atoms with van der Waals surface area (Å²) in [5, 5.41) is -2.45. The number of methoxy groups -OCH3 is 2. The Bertz CT molecular complexity index is 2800. The molecule has 4 aliphatic rings. The molecular weight excluding hydrogens is 955 g/mol. The summed E-state index contributed by atoms with van der Waals surface area (Å²) in [5.74, 6) is -7.36. The van der Waals surface area contributed by atoms with Crippen molar-refractivity contribution >= 4 is 32.0 Å². The van der Waals surface area contributed by atoms with Crippen LogP contribution >= 0.6 is 0 Å². The number of benzene rings is 2. The highest BCUT2D eigenvalue weighted by Gasteiger charge is 2.59. The first-order valence-electron chi connectivity index (χ1n) is 19.6. The van der Waals surface area contributed by atoms with Crippen LogP contribution in [0.1, 0.15) is 38.8 Å². The Morgan fingerprint density at radius 1 is 0.662 bits per heavy atom. The third-order valence-corrected chi connectivity index (χ3v) is 15.9. The third-order valence-electron chi connectivity index (χ3n) is 11.4. The molecule has 0 bridgehead atoms. The zero-order valence-electron chi connectivity index (χ0n) is 35.3. The minimum absolute atomic E-state index is 0. The Balaban J connectivity index is 0.000000247. The summed E-state index contributed by atoms with van der Waals surface area (Å²) < 4.78 is 172. The zero-order valence-corrected chi connectivity index (χ0v) is 37.0. The molecule has 18 nitrogen and oxygen atoms in total. The van der Waals surface area contributed by atoms with Gasteiger partial charge in [-0.3, -0.25) is 0 Å². The van der Waals surface area contributed by atoms with Crippen LogP contribution in [0.4, 0.5) is 26.3 Å². The molecule has 26 heteroatoms. The lowest BCUT2D eigenvalue weighted by atomic mass is 9.82. The Morgan fingerprint density at radius 3 is 1.56 bits per heavy atom. The van der Waals surface area contributed by atoms with Crippen molar-refractivity contribution in [3.8, 4) is 23.1 Å². The molecule has 372 valence electrons. The molecule has 4 aromatic rings. The van der Waals surface area contributed by atoms with Crippen molar-refractivity contribution in [1.82, 2.24) is 18.6 Å². The van der Waals surface area contributed by atoms with Crippen molar-refractivity contribution in [2.75, 3.05) is 54.7 Å². The third kappa shape index (κ3) is 9.87. The van der Waals surface area contributed by atoms with Crippen molar-refractivity contribution in [2.45, 2.75) is 61.5 Å². The summed E-state index contributed by atoms with van der Waals surface area (Å²) in [5.41, 5.74) is 7.98. The lowest BCUT2D eigenvalue weighted by molar-refractivity contribution is -0.0611. The fourth-order valence-electron chi connectivity index (χ4n) is 8.03. The Kier molecular flexibility index (Phi) is 16.0. The monoisotopic (exact) mass is 1000 g/mol. The lowest BCUT2D eigenvalue weighted by Gasteiger charge is -2.47.